The molecule has 12 heteroatoms. The van der Waals surface area contributed by atoms with Gasteiger partial charge in [-0.3, -0.25) is 0 Å². The van der Waals surface area contributed by atoms with Gasteiger partial charge in [0.15, 0.2) is 0 Å². The zero-order valence-electron chi connectivity index (χ0n) is 19.4. The van der Waals surface area contributed by atoms with Crippen LogP contribution in [0.3, 0.4) is 0 Å². The average molecular weight is 482 g/mol. The molecule has 0 aliphatic rings. The normalized spacial score (nSPS) is 13.5. The molecule has 192 valence electrons. The Labute approximate surface area is 178 Å². The molecular weight excluding hydrogens is 447 g/mol. The van der Waals surface area contributed by atoms with Crippen LogP contribution in [0.1, 0.15) is 62.3 Å². The number of ether oxygens (including phenoxy) is 3. The number of halogens is 9. The Morgan fingerprint density at radius 3 is 1.03 bits per heavy atom. The molecular formula is C19H35F9O3. The van der Waals surface area contributed by atoms with Crippen molar-refractivity contribution in [1.82, 2.24) is 0 Å². The summed E-state index contributed by atoms with van der Waals surface area (Å²) >= 11 is 0. The molecule has 0 spiro atoms. The van der Waals surface area contributed by atoms with Crippen molar-refractivity contribution in [3.8, 4) is 0 Å². The zero-order valence-corrected chi connectivity index (χ0v) is 19.4. The molecule has 0 saturated carbocycles. The van der Waals surface area contributed by atoms with Crippen LogP contribution in [0.15, 0.2) is 0 Å². The molecule has 0 N–H and O–H groups in total. The van der Waals surface area contributed by atoms with E-state index in [0.29, 0.717) is 0 Å². The first-order chi connectivity index (χ1) is 13.3. The van der Waals surface area contributed by atoms with Gasteiger partial charge in [-0.1, -0.05) is 0 Å². The van der Waals surface area contributed by atoms with Gasteiger partial charge in [-0.05, 0) is 62.3 Å². The maximum atomic E-state index is 12.2. The van der Waals surface area contributed by atoms with Gasteiger partial charge >= 0.3 is 18.5 Å². The summed E-state index contributed by atoms with van der Waals surface area (Å²) in [6.45, 7) is 11.7. The minimum Gasteiger partial charge on any atom is -0.370 e. The van der Waals surface area contributed by atoms with E-state index < -0.39 is 61.6 Å². The second-order valence-electron chi connectivity index (χ2n) is 9.29. The molecule has 0 amide bonds. The minimum absolute atomic E-state index is 0.448. The van der Waals surface area contributed by atoms with Gasteiger partial charge in [0, 0.05) is 0 Å². The fourth-order valence-electron chi connectivity index (χ4n) is 0.987. The Morgan fingerprint density at radius 2 is 0.871 bits per heavy atom. The third-order valence-corrected chi connectivity index (χ3v) is 2.33. The molecule has 31 heavy (non-hydrogen) atoms. The summed E-state index contributed by atoms with van der Waals surface area (Å²) in [5, 5.41) is 0. The molecule has 0 radical (unpaired) electrons. The van der Waals surface area contributed by atoms with Crippen molar-refractivity contribution in [2.75, 3.05) is 19.8 Å². The molecule has 0 atom stereocenters. The number of rotatable bonds is 6. The topological polar surface area (TPSA) is 27.7 Å². The maximum absolute atomic E-state index is 12.2. The standard InChI is InChI=1S/C7H12F4O.C6H11F3O.C6H12F2O/c1-6(2,3)12-4-7(10,11)5(8)9;1-5(2,3)10-4-6(7,8)9;1-6(2,3)9-4-5(7)8/h5H,4H2,1-3H3;4H2,1-3H3;5H,4H2,1-3H3. The highest BCUT2D eigenvalue weighted by molar-refractivity contribution is 4.70. The molecule has 0 bridgehead atoms. The molecule has 0 aliphatic carbocycles. The lowest BCUT2D eigenvalue weighted by atomic mass is 10.2. The van der Waals surface area contributed by atoms with Crippen molar-refractivity contribution in [3.05, 3.63) is 0 Å². The summed E-state index contributed by atoms with van der Waals surface area (Å²) < 4.78 is 119. The van der Waals surface area contributed by atoms with Crippen molar-refractivity contribution in [2.45, 2.75) is 104 Å². The van der Waals surface area contributed by atoms with Crippen LogP contribution in [-0.4, -0.2) is 61.6 Å². The van der Waals surface area contributed by atoms with Crippen LogP contribution in [0, 0.1) is 0 Å². The fraction of sp³-hybridized carbons (Fsp3) is 1.00. The van der Waals surface area contributed by atoms with Crippen LogP contribution >= 0.6 is 0 Å². The van der Waals surface area contributed by atoms with E-state index in [1.807, 2.05) is 0 Å². The van der Waals surface area contributed by atoms with Gasteiger partial charge in [-0.25, -0.2) is 17.6 Å². The quantitative estimate of drug-likeness (QED) is 0.377. The van der Waals surface area contributed by atoms with E-state index >= 15 is 0 Å². The summed E-state index contributed by atoms with van der Waals surface area (Å²) in [4.78, 5) is 0. The Kier molecular flexibility index (Phi) is 15.4. The lowest BCUT2D eigenvalue weighted by Crippen LogP contribution is -2.36. The second-order valence-corrected chi connectivity index (χ2v) is 9.29. The third-order valence-electron chi connectivity index (χ3n) is 2.33. The second kappa shape index (κ2) is 13.7. The first-order valence-corrected chi connectivity index (χ1v) is 9.20. The van der Waals surface area contributed by atoms with Crippen LogP contribution in [-0.2, 0) is 14.2 Å². The van der Waals surface area contributed by atoms with Gasteiger partial charge in [0.1, 0.15) is 19.8 Å². The first-order valence-electron chi connectivity index (χ1n) is 9.20. The van der Waals surface area contributed by atoms with Gasteiger partial charge in [-0.15, -0.1) is 0 Å². The lowest BCUT2D eigenvalue weighted by Gasteiger charge is -2.23. The van der Waals surface area contributed by atoms with E-state index in [1.165, 1.54) is 20.8 Å². The average Bonchev–Trinajstić information content (AvgIpc) is 2.48. The molecule has 0 rings (SSSR count). The third kappa shape index (κ3) is 34.1. The number of hydrogen-bond acceptors (Lipinski definition) is 3. The Bertz CT molecular complexity index is 433. The Morgan fingerprint density at radius 1 is 0.548 bits per heavy atom. The van der Waals surface area contributed by atoms with Crippen molar-refractivity contribution in [3.63, 3.8) is 0 Å². The number of alkyl halides is 9. The van der Waals surface area contributed by atoms with Crippen LogP contribution in [0.4, 0.5) is 39.5 Å². The molecule has 0 unspecified atom stereocenters. The van der Waals surface area contributed by atoms with Crippen molar-refractivity contribution in [1.29, 1.82) is 0 Å². The van der Waals surface area contributed by atoms with E-state index in [-0.39, 0.29) is 0 Å². The van der Waals surface area contributed by atoms with Crippen LogP contribution in [0.2, 0.25) is 0 Å². The highest BCUT2D eigenvalue weighted by Gasteiger charge is 2.42. The summed E-state index contributed by atoms with van der Waals surface area (Å²) in [5.41, 5.74) is -1.98. The van der Waals surface area contributed by atoms with Crippen LogP contribution in [0.25, 0.3) is 0 Å². The summed E-state index contributed by atoms with van der Waals surface area (Å²) in [5.74, 6) is -4.05. The largest absolute Gasteiger partial charge is 0.411 e. The molecule has 0 fully saturated rings. The summed E-state index contributed by atoms with van der Waals surface area (Å²) in [6.07, 6.45) is -10.2. The van der Waals surface area contributed by atoms with E-state index in [1.54, 1.807) is 41.5 Å². The molecule has 3 nitrogen and oxygen atoms in total. The van der Waals surface area contributed by atoms with Crippen LogP contribution < -0.4 is 0 Å². The van der Waals surface area contributed by atoms with Crippen LogP contribution in [0.5, 0.6) is 0 Å². The van der Waals surface area contributed by atoms with Gasteiger partial charge in [0.05, 0.1) is 16.8 Å². The SMILES string of the molecule is CC(C)(C)OCC(F)(F)C(F)F.CC(C)(C)OCC(F)(F)F.CC(C)(C)OCC(F)F. The molecule has 0 heterocycles. The number of hydrogen-bond donors (Lipinski definition) is 0. The molecule has 0 aromatic rings. The van der Waals surface area contributed by atoms with Gasteiger partial charge in [-0.2, -0.15) is 22.0 Å². The van der Waals surface area contributed by atoms with E-state index in [4.69, 9.17) is 4.74 Å². The molecule has 0 saturated heterocycles. The fourth-order valence-corrected chi connectivity index (χ4v) is 0.987. The first kappa shape index (κ1) is 34.9. The molecule has 0 aromatic heterocycles. The molecule has 0 aliphatic heterocycles. The highest BCUT2D eigenvalue weighted by Crippen LogP contribution is 2.25. The van der Waals surface area contributed by atoms with Crippen molar-refractivity contribution < 1.29 is 53.7 Å². The smallest absolute Gasteiger partial charge is 0.370 e. The minimum atomic E-state index is -4.22. The predicted molar refractivity (Wildman–Crippen MR) is 100 cm³/mol. The van der Waals surface area contributed by atoms with Gasteiger partial charge < -0.3 is 14.2 Å². The molecule has 0 aromatic carbocycles. The maximum Gasteiger partial charge on any atom is 0.411 e. The van der Waals surface area contributed by atoms with Crippen molar-refractivity contribution in [2.24, 2.45) is 0 Å². The van der Waals surface area contributed by atoms with E-state index in [0.717, 1.165) is 0 Å². The van der Waals surface area contributed by atoms with Crippen molar-refractivity contribution >= 4 is 0 Å². The van der Waals surface area contributed by atoms with Gasteiger partial charge in [0.25, 0.3) is 6.43 Å². The summed E-state index contributed by atoms with van der Waals surface area (Å²) in [6, 6.07) is 0. The van der Waals surface area contributed by atoms with E-state index in [9.17, 15) is 39.5 Å². The Hall–Kier alpha value is -0.750. The predicted octanol–water partition coefficient (Wildman–Crippen LogP) is 7.13. The monoisotopic (exact) mass is 482 g/mol. The van der Waals surface area contributed by atoms with Gasteiger partial charge in [0.2, 0.25) is 0 Å². The highest BCUT2D eigenvalue weighted by atomic mass is 19.4. The van der Waals surface area contributed by atoms with E-state index in [2.05, 4.69) is 9.47 Å². The Balaban J connectivity index is -0.000000384. The summed E-state index contributed by atoms with van der Waals surface area (Å²) in [7, 11) is 0. The zero-order chi connectivity index (χ0) is 25.9. The lowest BCUT2D eigenvalue weighted by molar-refractivity contribution is -0.196.